The molecule has 0 aromatic carbocycles. The van der Waals surface area contributed by atoms with Crippen molar-refractivity contribution < 1.29 is 79.7 Å². The van der Waals surface area contributed by atoms with Crippen LogP contribution in [0.4, 0.5) is 0 Å². The van der Waals surface area contributed by atoms with Crippen LogP contribution >= 0.6 is 0 Å². The number of hydrogen-bond donors (Lipinski definition) is 14. The molecule has 3 saturated heterocycles. The number of ether oxygens (including phenoxy) is 6. The van der Waals surface area contributed by atoms with E-state index in [-0.39, 0.29) is 18.2 Å². The molecule has 0 bridgehead atoms. The molecule has 3 heterocycles. The number of nitrogens with zero attached hydrogens (tertiary/aromatic N) is 1. The Kier molecular flexibility index (Phi) is 12.2. The molecule has 0 aromatic rings. The molecule has 19 atom stereocenters. The molecule has 1 saturated carbocycles. The lowest BCUT2D eigenvalue weighted by atomic mass is 9.84. The van der Waals surface area contributed by atoms with Gasteiger partial charge in [-0.3, -0.25) is 10.4 Å². The first-order chi connectivity index (χ1) is 20.7. The smallest absolute Gasteiger partial charge is 0.187 e. The van der Waals surface area contributed by atoms with Gasteiger partial charge in [-0.1, -0.05) is 5.23 Å². The summed E-state index contributed by atoms with van der Waals surface area (Å²) in [5, 5.41) is 102. The van der Waals surface area contributed by atoms with Crippen LogP contribution in [0.1, 0.15) is 6.42 Å². The van der Waals surface area contributed by atoms with E-state index in [9.17, 15) is 51.3 Å². The molecule has 0 spiro atoms. The largest absolute Gasteiger partial charge is 0.394 e. The molecule has 0 unspecified atom stereocenters. The minimum atomic E-state index is -1.78. The van der Waals surface area contributed by atoms with Gasteiger partial charge in [-0.05, 0) is 6.42 Å². The lowest BCUT2D eigenvalue weighted by molar-refractivity contribution is -0.369. The summed E-state index contributed by atoms with van der Waals surface area (Å²) < 4.78 is 34.2. The van der Waals surface area contributed by atoms with Crippen LogP contribution in [0.5, 0.6) is 0 Å². The summed E-state index contributed by atoms with van der Waals surface area (Å²) in [5.74, 6) is 0. The third-order valence-electron chi connectivity index (χ3n) is 8.54. The highest BCUT2D eigenvalue weighted by Crippen LogP contribution is 2.35. The maximum absolute atomic E-state index is 11.1. The van der Waals surface area contributed by atoms with E-state index in [1.807, 2.05) is 0 Å². The van der Waals surface area contributed by atoms with Crippen LogP contribution in [-0.4, -0.2) is 193 Å². The number of aliphatic hydroxyl groups is 8. The molecule has 21 heteroatoms. The maximum atomic E-state index is 11.1. The second-order valence-electron chi connectivity index (χ2n) is 11.4. The Hall–Kier alpha value is -0.840. The lowest BCUT2D eigenvalue weighted by Crippen LogP contribution is -2.68. The van der Waals surface area contributed by atoms with E-state index >= 15 is 0 Å². The first-order valence-corrected chi connectivity index (χ1v) is 14.1. The molecule has 44 heavy (non-hydrogen) atoms. The van der Waals surface area contributed by atoms with Gasteiger partial charge < -0.3 is 92.2 Å². The Morgan fingerprint density at radius 2 is 1.07 bits per heavy atom. The fourth-order valence-corrected chi connectivity index (χ4v) is 5.87. The summed E-state index contributed by atoms with van der Waals surface area (Å²) in [6.07, 6.45) is -22.5. The van der Waals surface area contributed by atoms with E-state index in [0.717, 1.165) is 0 Å². The van der Waals surface area contributed by atoms with Crippen LogP contribution in [0.15, 0.2) is 0 Å². The molecule has 0 aromatic heterocycles. The highest BCUT2D eigenvalue weighted by Gasteiger charge is 2.55. The Morgan fingerprint density at radius 1 is 0.591 bits per heavy atom. The third kappa shape index (κ3) is 7.03. The van der Waals surface area contributed by atoms with Crippen LogP contribution in [0, 0.1) is 0 Å². The van der Waals surface area contributed by atoms with Crippen LogP contribution in [0.25, 0.3) is 0 Å². The number of nitrogens with two attached hydrogens (primary N) is 4. The van der Waals surface area contributed by atoms with Crippen molar-refractivity contribution in [1.29, 1.82) is 0 Å². The average Bonchev–Trinajstić information content (AvgIpc) is 3.29. The zero-order chi connectivity index (χ0) is 32.6. The Morgan fingerprint density at radius 3 is 1.59 bits per heavy atom. The fraction of sp³-hybridized carbons (Fsp3) is 1.00. The van der Waals surface area contributed by atoms with E-state index in [1.165, 1.54) is 0 Å². The molecule has 4 rings (SSSR count). The summed E-state index contributed by atoms with van der Waals surface area (Å²) in [4.78, 5) is 0. The molecule has 0 radical (unpaired) electrons. The van der Waals surface area contributed by atoms with Crippen LogP contribution < -0.4 is 22.9 Å². The van der Waals surface area contributed by atoms with E-state index < -0.39 is 129 Å². The van der Waals surface area contributed by atoms with Crippen molar-refractivity contribution in [1.82, 2.24) is 5.23 Å². The van der Waals surface area contributed by atoms with Crippen molar-refractivity contribution in [2.24, 2.45) is 22.9 Å². The standard InChI is InChI=1S/C23H45N5O16/c24-2-7-13(32)15(34)10(26)21(39-7)43-19-9(4-30)41-23(17(19)36)44-20-12(31)6(28(37)38)1-5(25)18(20)42-22-11(27)16(35)14(33)8(3-29)40-22/h5-23,29-38H,1-4,24-27H2/t5-,6+,7-,8+,9+,10+,11+,12-,13+,14+,15+,16+,17+,18+,19+,20+,21+,22+,23-/m0/s1. The molecular formula is C23H45N5O16. The van der Waals surface area contributed by atoms with Gasteiger partial charge in [0.2, 0.25) is 0 Å². The minimum absolute atomic E-state index is 0.206. The Balaban J connectivity index is 1.54. The minimum Gasteiger partial charge on any atom is -0.394 e. The lowest BCUT2D eigenvalue weighted by Gasteiger charge is -2.48. The number of aliphatic hydroxyl groups excluding tert-OH is 8. The van der Waals surface area contributed by atoms with Gasteiger partial charge in [0.05, 0.1) is 31.3 Å². The number of hydrogen-bond acceptors (Lipinski definition) is 21. The molecule has 258 valence electrons. The highest BCUT2D eigenvalue weighted by molar-refractivity contribution is 5.02. The normalized spacial score (nSPS) is 52.0. The van der Waals surface area contributed by atoms with Gasteiger partial charge in [0.1, 0.15) is 73.2 Å². The van der Waals surface area contributed by atoms with E-state index in [2.05, 4.69) is 0 Å². The van der Waals surface area contributed by atoms with Gasteiger partial charge in [0, 0.05) is 12.6 Å². The molecular weight excluding hydrogens is 602 g/mol. The van der Waals surface area contributed by atoms with Crippen molar-refractivity contribution in [3.8, 4) is 0 Å². The molecule has 0 amide bonds. The Bertz CT molecular complexity index is 913. The summed E-state index contributed by atoms with van der Waals surface area (Å²) in [7, 11) is 0. The summed E-state index contributed by atoms with van der Waals surface area (Å²) in [6, 6.07) is -5.22. The quantitative estimate of drug-likeness (QED) is 0.0978. The van der Waals surface area contributed by atoms with Gasteiger partial charge >= 0.3 is 0 Å². The Labute approximate surface area is 250 Å². The second-order valence-corrected chi connectivity index (χ2v) is 11.4. The predicted molar refractivity (Wildman–Crippen MR) is 138 cm³/mol. The zero-order valence-corrected chi connectivity index (χ0v) is 23.5. The fourth-order valence-electron chi connectivity index (χ4n) is 5.87. The SMILES string of the molecule is NC[C@@H]1O[C@H](O[C@H]2[C@@H](O)[C@H](O[C@@H]3[C@@H](O)[C@H](N(O)O)C[C@H](N)[C@H]3O[C@H]3O[C@H](CO)[C@@H](O)[C@H](O)[C@H]3N)O[C@@H]2CO)[C@H](N)[C@@H](O)[C@@H]1O. The van der Waals surface area contributed by atoms with Crippen molar-refractivity contribution in [2.45, 2.75) is 123 Å². The predicted octanol–water partition coefficient (Wildman–Crippen LogP) is -8.74. The maximum Gasteiger partial charge on any atom is 0.187 e. The average molecular weight is 648 g/mol. The molecule has 4 fully saturated rings. The third-order valence-corrected chi connectivity index (χ3v) is 8.54. The molecule has 21 nitrogen and oxygen atoms in total. The molecule has 1 aliphatic carbocycles. The monoisotopic (exact) mass is 647 g/mol. The van der Waals surface area contributed by atoms with Crippen LogP contribution in [-0.2, 0) is 28.4 Å². The van der Waals surface area contributed by atoms with Crippen molar-refractivity contribution >= 4 is 0 Å². The first-order valence-electron chi connectivity index (χ1n) is 14.1. The number of hydroxylamine groups is 2. The van der Waals surface area contributed by atoms with Gasteiger partial charge in [-0.2, -0.15) is 0 Å². The second kappa shape index (κ2) is 14.9. The van der Waals surface area contributed by atoms with Crippen LogP contribution in [0.3, 0.4) is 0 Å². The summed E-state index contributed by atoms with van der Waals surface area (Å²) in [6.45, 7) is -1.64. The van der Waals surface area contributed by atoms with Crippen molar-refractivity contribution in [3.63, 3.8) is 0 Å². The van der Waals surface area contributed by atoms with E-state index in [0.29, 0.717) is 0 Å². The topological polar surface area (TPSA) is 365 Å². The van der Waals surface area contributed by atoms with E-state index in [1.54, 1.807) is 0 Å². The van der Waals surface area contributed by atoms with E-state index in [4.69, 9.17) is 51.4 Å². The molecule has 4 aliphatic rings. The molecule has 3 aliphatic heterocycles. The van der Waals surface area contributed by atoms with Gasteiger partial charge in [-0.25, -0.2) is 0 Å². The van der Waals surface area contributed by atoms with Gasteiger partial charge in [0.25, 0.3) is 0 Å². The highest BCUT2D eigenvalue weighted by atomic mass is 16.8. The van der Waals surface area contributed by atoms with Crippen LogP contribution in [0.2, 0.25) is 0 Å². The van der Waals surface area contributed by atoms with Gasteiger partial charge in [-0.15, -0.1) is 0 Å². The summed E-state index contributed by atoms with van der Waals surface area (Å²) in [5.41, 5.74) is 23.8. The van der Waals surface area contributed by atoms with Crippen molar-refractivity contribution in [3.05, 3.63) is 0 Å². The van der Waals surface area contributed by atoms with Gasteiger partial charge in [0.15, 0.2) is 18.9 Å². The summed E-state index contributed by atoms with van der Waals surface area (Å²) >= 11 is 0. The zero-order valence-electron chi connectivity index (χ0n) is 23.5. The molecule has 18 N–H and O–H groups in total. The number of rotatable bonds is 10. The van der Waals surface area contributed by atoms with Crippen molar-refractivity contribution in [2.75, 3.05) is 19.8 Å². The first kappa shape index (κ1) is 36.0.